The Morgan fingerprint density at radius 2 is 1.97 bits per heavy atom. The number of likely N-dealkylation sites (N-methyl/N-ethyl adjacent to an activating group) is 1. The molecule has 0 spiro atoms. The third kappa shape index (κ3) is 6.03. The fourth-order valence-electron chi connectivity index (χ4n) is 4.51. The predicted octanol–water partition coefficient (Wildman–Crippen LogP) is 5.00. The van der Waals surface area contributed by atoms with Gasteiger partial charge in [-0.1, -0.05) is 20.8 Å². The molecule has 1 N–H and O–H groups in total. The Morgan fingerprint density at radius 1 is 1.25 bits per heavy atom. The van der Waals surface area contributed by atoms with Crippen molar-refractivity contribution in [3.05, 3.63) is 45.2 Å². The number of hydrogen-bond acceptors (Lipinski definition) is 5. The Morgan fingerprint density at radius 3 is 2.53 bits per heavy atom. The van der Waals surface area contributed by atoms with Gasteiger partial charge >= 0.3 is 6.18 Å². The van der Waals surface area contributed by atoms with Crippen molar-refractivity contribution in [2.45, 2.75) is 82.7 Å². The molecule has 2 heterocycles. The molecule has 1 atom stereocenters. The van der Waals surface area contributed by atoms with E-state index in [0.717, 1.165) is 42.8 Å². The molecule has 1 saturated carbocycles. The summed E-state index contributed by atoms with van der Waals surface area (Å²) in [5.41, 5.74) is -2.22. The van der Waals surface area contributed by atoms with Gasteiger partial charge in [-0.2, -0.15) is 18.2 Å². The monoisotopic (exact) mass is 525 g/mol. The third-order valence-corrected chi connectivity index (χ3v) is 8.49. The molecular formula is C26H34F3N3O3S. The second-order valence-corrected chi connectivity index (χ2v) is 12.1. The van der Waals surface area contributed by atoms with Crippen molar-refractivity contribution < 1.29 is 27.8 Å². The molecule has 2 aliphatic rings. The molecule has 1 amide bonds. The lowest BCUT2D eigenvalue weighted by atomic mass is 9.80. The largest absolute Gasteiger partial charge is 0.491 e. The minimum Gasteiger partial charge on any atom is -0.491 e. The zero-order chi connectivity index (χ0) is 26.3. The molecule has 0 bridgehead atoms. The van der Waals surface area contributed by atoms with Crippen LogP contribution in [-0.4, -0.2) is 52.3 Å². The summed E-state index contributed by atoms with van der Waals surface area (Å²) in [5.74, 6) is -0.707. The Kier molecular flexibility index (Phi) is 7.43. The van der Waals surface area contributed by atoms with Gasteiger partial charge < -0.3 is 19.3 Å². The molecule has 0 radical (unpaired) electrons. The predicted molar refractivity (Wildman–Crippen MR) is 132 cm³/mol. The van der Waals surface area contributed by atoms with Gasteiger partial charge in [-0.25, -0.2) is 0 Å². The fourth-order valence-corrected chi connectivity index (χ4v) is 5.56. The number of halogens is 3. The number of ether oxygens (including phenoxy) is 1. The molecule has 2 aromatic rings. The highest BCUT2D eigenvalue weighted by Gasteiger charge is 2.36. The molecular weight excluding hydrogens is 491 g/mol. The first kappa shape index (κ1) is 26.9. The van der Waals surface area contributed by atoms with Crippen LogP contribution >= 0.6 is 11.3 Å². The topological polar surface area (TPSA) is 67.1 Å². The van der Waals surface area contributed by atoms with Gasteiger partial charge in [0, 0.05) is 17.1 Å². The summed E-state index contributed by atoms with van der Waals surface area (Å²) in [5, 5.41) is 10.7. The van der Waals surface area contributed by atoms with E-state index >= 15 is 0 Å². The number of nitrogens with zero attached hydrogens (tertiary/aromatic N) is 3. The minimum atomic E-state index is -4.60. The Labute approximate surface area is 213 Å². The summed E-state index contributed by atoms with van der Waals surface area (Å²) in [6.45, 7) is 7.60. The molecule has 36 heavy (non-hydrogen) atoms. The average Bonchev–Trinajstić information content (AvgIpc) is 3.36. The van der Waals surface area contributed by atoms with Crippen molar-refractivity contribution in [2.75, 3.05) is 20.2 Å². The molecule has 1 aromatic heterocycles. The van der Waals surface area contributed by atoms with E-state index in [0.29, 0.717) is 17.6 Å². The lowest BCUT2D eigenvalue weighted by molar-refractivity contribution is -0.137. The number of amides is 1. The number of aliphatic hydroxyl groups is 1. The Bertz CT molecular complexity index is 1180. The van der Waals surface area contributed by atoms with Gasteiger partial charge in [-0.15, -0.1) is 11.3 Å². The standard InChI is InChI=1S/C26H34F3N3O3S/c1-24(2,3)21-14-32(16-25(34)10-6-11-25)23(36-21)30-22(33)19-13-17(26(27,28)29)8-9-20(19)35-15-18-7-5-12-31(18)4/h8-9,13-14,18,34H,5-7,10-12,15-16H2,1-4H3/b30-23-/t18-/m0/s1. The zero-order valence-corrected chi connectivity index (χ0v) is 22.0. The van der Waals surface area contributed by atoms with Crippen LogP contribution in [0.1, 0.15) is 73.7 Å². The van der Waals surface area contributed by atoms with E-state index in [1.54, 1.807) is 4.57 Å². The van der Waals surface area contributed by atoms with Gasteiger partial charge in [-0.05, 0) is 69.3 Å². The van der Waals surface area contributed by atoms with Crippen molar-refractivity contribution in [3.8, 4) is 5.75 Å². The second kappa shape index (κ2) is 9.95. The summed E-state index contributed by atoms with van der Waals surface area (Å²) < 4.78 is 48.1. The molecule has 4 rings (SSSR count). The maximum Gasteiger partial charge on any atom is 0.416 e. The Balaban J connectivity index is 1.71. The van der Waals surface area contributed by atoms with Gasteiger partial charge in [0.2, 0.25) is 0 Å². The van der Waals surface area contributed by atoms with E-state index in [9.17, 15) is 23.1 Å². The van der Waals surface area contributed by atoms with Crippen molar-refractivity contribution >= 4 is 17.2 Å². The second-order valence-electron chi connectivity index (χ2n) is 11.0. The molecule has 198 valence electrons. The van der Waals surface area contributed by atoms with Crippen LogP contribution in [0.2, 0.25) is 0 Å². The number of likely N-dealkylation sites (tertiary alicyclic amines) is 1. The number of alkyl halides is 3. The van der Waals surface area contributed by atoms with E-state index in [-0.39, 0.29) is 35.9 Å². The van der Waals surface area contributed by atoms with E-state index in [4.69, 9.17) is 4.74 Å². The average molecular weight is 526 g/mol. The van der Waals surface area contributed by atoms with Crippen molar-refractivity contribution in [2.24, 2.45) is 4.99 Å². The van der Waals surface area contributed by atoms with Crippen LogP contribution in [0.4, 0.5) is 13.2 Å². The number of hydrogen-bond donors (Lipinski definition) is 1. The molecule has 1 aromatic carbocycles. The number of benzene rings is 1. The van der Waals surface area contributed by atoms with Crippen molar-refractivity contribution in [1.29, 1.82) is 0 Å². The number of thiazole rings is 1. The first-order chi connectivity index (χ1) is 16.7. The van der Waals surface area contributed by atoms with Crippen LogP contribution in [0.5, 0.6) is 5.75 Å². The first-order valence-corrected chi connectivity index (χ1v) is 13.1. The normalized spacial score (nSPS) is 21.0. The maximum absolute atomic E-state index is 13.5. The number of carbonyl (C=O) groups excluding carboxylic acids is 1. The van der Waals surface area contributed by atoms with Crippen LogP contribution in [0.3, 0.4) is 0 Å². The van der Waals surface area contributed by atoms with Gasteiger partial charge in [0.25, 0.3) is 5.91 Å². The highest BCUT2D eigenvalue weighted by molar-refractivity contribution is 7.09. The van der Waals surface area contributed by atoms with Crippen LogP contribution < -0.4 is 9.54 Å². The van der Waals surface area contributed by atoms with Crippen LogP contribution in [0, 0.1) is 0 Å². The summed E-state index contributed by atoms with van der Waals surface area (Å²) in [4.78, 5) is 21.1. The summed E-state index contributed by atoms with van der Waals surface area (Å²) >= 11 is 1.31. The molecule has 0 unspecified atom stereocenters. The number of rotatable bonds is 6. The Hall–Kier alpha value is -2.17. The third-order valence-electron chi connectivity index (χ3n) is 7.05. The summed E-state index contributed by atoms with van der Waals surface area (Å²) in [6.07, 6.45) is 1.49. The van der Waals surface area contributed by atoms with Gasteiger partial charge in [0.1, 0.15) is 12.4 Å². The first-order valence-electron chi connectivity index (χ1n) is 12.3. The van der Waals surface area contributed by atoms with Gasteiger partial charge in [-0.3, -0.25) is 4.79 Å². The van der Waals surface area contributed by atoms with Crippen LogP contribution in [-0.2, 0) is 18.1 Å². The smallest absolute Gasteiger partial charge is 0.416 e. The lowest BCUT2D eigenvalue weighted by Gasteiger charge is -2.36. The SMILES string of the molecule is CN1CCC[C@H]1COc1ccc(C(F)(F)F)cc1C(=O)/N=c1\sc(C(C)(C)C)cn1CC1(O)CCC1. The molecule has 1 saturated heterocycles. The van der Waals surface area contributed by atoms with Crippen molar-refractivity contribution in [3.63, 3.8) is 0 Å². The lowest BCUT2D eigenvalue weighted by Crippen LogP contribution is -2.42. The molecule has 1 aliphatic carbocycles. The molecule has 10 heteroatoms. The van der Waals surface area contributed by atoms with E-state index < -0.39 is 23.2 Å². The minimum absolute atomic E-state index is 0.0915. The summed E-state index contributed by atoms with van der Waals surface area (Å²) in [6, 6.07) is 3.10. The van der Waals surface area contributed by atoms with Crippen LogP contribution in [0.25, 0.3) is 0 Å². The summed E-state index contributed by atoms with van der Waals surface area (Å²) in [7, 11) is 1.98. The number of carbonyl (C=O) groups is 1. The van der Waals surface area contributed by atoms with Crippen molar-refractivity contribution in [1.82, 2.24) is 9.47 Å². The molecule has 1 aliphatic heterocycles. The van der Waals surface area contributed by atoms with Gasteiger partial charge in [0.15, 0.2) is 4.80 Å². The highest BCUT2D eigenvalue weighted by atomic mass is 32.1. The maximum atomic E-state index is 13.5. The fraction of sp³-hybridized carbons (Fsp3) is 0.615. The molecule has 2 fully saturated rings. The van der Waals surface area contributed by atoms with E-state index in [1.807, 2.05) is 34.0 Å². The highest BCUT2D eigenvalue weighted by Crippen LogP contribution is 2.35. The van der Waals surface area contributed by atoms with Gasteiger partial charge in [0.05, 0.1) is 23.3 Å². The quantitative estimate of drug-likeness (QED) is 0.577. The van der Waals surface area contributed by atoms with Crippen LogP contribution in [0.15, 0.2) is 29.4 Å². The van der Waals surface area contributed by atoms with E-state index in [2.05, 4.69) is 9.89 Å². The molecule has 6 nitrogen and oxygen atoms in total. The zero-order valence-electron chi connectivity index (χ0n) is 21.2. The van der Waals surface area contributed by atoms with E-state index in [1.165, 1.54) is 17.4 Å². The number of aromatic nitrogens is 1.